The maximum absolute atomic E-state index is 13.2. The molecular formula is C12H14F3NO3. The molecule has 0 heterocycles. The molecule has 0 aliphatic carbocycles. The molecule has 0 aromatic heterocycles. The lowest BCUT2D eigenvalue weighted by Gasteiger charge is -2.16. The van der Waals surface area contributed by atoms with Gasteiger partial charge in [0.1, 0.15) is 12.4 Å². The lowest BCUT2D eigenvalue weighted by molar-refractivity contribution is -0.106. The topological polar surface area (TPSA) is 47.6 Å². The summed E-state index contributed by atoms with van der Waals surface area (Å²) in [6.45, 7) is -0.261. The minimum Gasteiger partial charge on any atom is -0.443 e. The maximum atomic E-state index is 13.2. The molecule has 106 valence electrons. The minimum atomic E-state index is -3.28. The summed E-state index contributed by atoms with van der Waals surface area (Å²) in [5.41, 5.74) is -0.138. The Morgan fingerprint density at radius 3 is 2.63 bits per heavy atom. The molecule has 1 amide bonds. The number of halogens is 3. The van der Waals surface area contributed by atoms with Crippen LogP contribution in [0.25, 0.3) is 0 Å². The summed E-state index contributed by atoms with van der Waals surface area (Å²) in [5, 5.41) is 2.03. The molecule has 0 radical (unpaired) electrons. The summed E-state index contributed by atoms with van der Waals surface area (Å²) in [6, 6.07) is 5.33. The fourth-order valence-electron chi connectivity index (χ4n) is 1.17. The van der Waals surface area contributed by atoms with E-state index in [-0.39, 0.29) is 12.3 Å². The summed E-state index contributed by atoms with van der Waals surface area (Å²) in [5.74, 6) is -3.96. The maximum Gasteiger partial charge on any atom is 0.411 e. The van der Waals surface area contributed by atoms with E-state index in [1.807, 2.05) is 5.32 Å². The van der Waals surface area contributed by atoms with Crippen LogP contribution in [0.15, 0.2) is 24.3 Å². The van der Waals surface area contributed by atoms with Gasteiger partial charge in [0.05, 0.1) is 5.69 Å². The van der Waals surface area contributed by atoms with Crippen LogP contribution in [0.4, 0.5) is 23.7 Å². The molecule has 1 rings (SSSR count). The summed E-state index contributed by atoms with van der Waals surface area (Å²) in [4.78, 5) is 11.2. The molecule has 1 aromatic rings. The molecule has 0 saturated heterocycles. The number of anilines is 1. The van der Waals surface area contributed by atoms with Crippen LogP contribution >= 0.6 is 0 Å². The molecule has 0 atom stereocenters. The van der Waals surface area contributed by atoms with Gasteiger partial charge in [0, 0.05) is 6.61 Å². The Labute approximate surface area is 108 Å². The molecular weight excluding hydrogens is 263 g/mol. The number of carbonyl (C=O) groups excluding carboxylic acids is 1. The van der Waals surface area contributed by atoms with E-state index in [1.165, 1.54) is 18.2 Å². The number of benzene rings is 1. The van der Waals surface area contributed by atoms with E-state index >= 15 is 0 Å². The average Bonchev–Trinajstić information content (AvgIpc) is 2.37. The molecule has 1 aromatic carbocycles. The predicted molar refractivity (Wildman–Crippen MR) is 62.8 cm³/mol. The zero-order chi connectivity index (χ0) is 14.3. The van der Waals surface area contributed by atoms with E-state index in [2.05, 4.69) is 9.47 Å². The van der Waals surface area contributed by atoms with Crippen LogP contribution in [0.5, 0.6) is 0 Å². The van der Waals surface area contributed by atoms with E-state index in [9.17, 15) is 18.0 Å². The lowest BCUT2D eigenvalue weighted by atomic mass is 10.3. The van der Waals surface area contributed by atoms with Gasteiger partial charge in [0.25, 0.3) is 0 Å². The lowest BCUT2D eigenvalue weighted by Crippen LogP contribution is -2.32. The van der Waals surface area contributed by atoms with E-state index in [0.29, 0.717) is 0 Å². The Morgan fingerprint density at radius 1 is 1.32 bits per heavy atom. The van der Waals surface area contributed by atoms with Crippen LogP contribution in [0.2, 0.25) is 0 Å². The fourth-order valence-corrected chi connectivity index (χ4v) is 1.17. The van der Waals surface area contributed by atoms with Gasteiger partial charge in [-0.3, -0.25) is 5.32 Å². The van der Waals surface area contributed by atoms with Crippen molar-refractivity contribution in [2.45, 2.75) is 12.8 Å². The largest absolute Gasteiger partial charge is 0.443 e. The third-order valence-electron chi connectivity index (χ3n) is 2.04. The normalized spacial score (nSPS) is 11.2. The molecule has 19 heavy (non-hydrogen) atoms. The number of rotatable bonds is 6. The number of hydrogen-bond donors (Lipinski definition) is 1. The van der Waals surface area contributed by atoms with Crippen molar-refractivity contribution in [2.24, 2.45) is 0 Å². The van der Waals surface area contributed by atoms with Gasteiger partial charge in [-0.25, -0.2) is 18.0 Å². The van der Waals surface area contributed by atoms with Gasteiger partial charge in [-0.05, 0) is 19.1 Å². The molecule has 1 N–H and O–H groups in total. The van der Waals surface area contributed by atoms with E-state index in [4.69, 9.17) is 0 Å². The highest BCUT2D eigenvalue weighted by Gasteiger charge is 2.31. The number of nitrogens with one attached hydrogen (secondary N) is 1. The molecule has 0 unspecified atom stereocenters. The van der Waals surface area contributed by atoms with E-state index < -0.39 is 31.0 Å². The second-order valence-corrected chi connectivity index (χ2v) is 3.67. The van der Waals surface area contributed by atoms with Gasteiger partial charge < -0.3 is 9.47 Å². The van der Waals surface area contributed by atoms with Crippen molar-refractivity contribution < 1.29 is 27.4 Å². The first-order valence-corrected chi connectivity index (χ1v) is 5.58. The van der Waals surface area contributed by atoms with Gasteiger partial charge >= 0.3 is 12.0 Å². The summed E-state index contributed by atoms with van der Waals surface area (Å²) >= 11 is 0. The van der Waals surface area contributed by atoms with Crippen molar-refractivity contribution >= 4 is 11.8 Å². The summed E-state index contributed by atoms with van der Waals surface area (Å²) in [6.07, 6.45) is -1.15. The first-order valence-electron chi connectivity index (χ1n) is 5.58. The fraction of sp³-hybridized carbons (Fsp3) is 0.417. The highest BCUT2D eigenvalue weighted by Crippen LogP contribution is 2.16. The number of carbonyl (C=O) groups is 1. The molecule has 0 spiro atoms. The standard InChI is InChI=1S/C12H14F3NO3/c1-2-18-7-12(14,15)8-19-11(17)16-10-6-4-3-5-9(10)13/h3-6H,2,7-8H2,1H3,(H,16,17). The van der Waals surface area contributed by atoms with Gasteiger partial charge in [0.15, 0.2) is 6.61 Å². The van der Waals surface area contributed by atoms with Crippen molar-refractivity contribution in [3.8, 4) is 0 Å². The smallest absolute Gasteiger partial charge is 0.411 e. The zero-order valence-electron chi connectivity index (χ0n) is 10.3. The highest BCUT2D eigenvalue weighted by molar-refractivity contribution is 5.84. The third kappa shape index (κ3) is 5.60. The summed E-state index contributed by atoms with van der Waals surface area (Å²) < 4.78 is 48.2. The van der Waals surface area contributed by atoms with Crippen molar-refractivity contribution in [3.05, 3.63) is 30.1 Å². The SMILES string of the molecule is CCOCC(F)(F)COC(=O)Nc1ccccc1F. The number of hydrogen-bond acceptors (Lipinski definition) is 3. The Kier molecular flexibility index (Phi) is 5.62. The number of amides is 1. The second-order valence-electron chi connectivity index (χ2n) is 3.67. The Morgan fingerprint density at radius 2 is 2.00 bits per heavy atom. The van der Waals surface area contributed by atoms with Crippen molar-refractivity contribution in [1.82, 2.24) is 0 Å². The number of ether oxygens (including phenoxy) is 2. The molecule has 0 aliphatic heterocycles. The van der Waals surface area contributed by atoms with Crippen LogP contribution in [0, 0.1) is 5.82 Å². The number of alkyl halides is 2. The molecule has 0 saturated carbocycles. The van der Waals surface area contributed by atoms with Gasteiger partial charge in [-0.15, -0.1) is 0 Å². The highest BCUT2D eigenvalue weighted by atomic mass is 19.3. The van der Waals surface area contributed by atoms with Crippen LogP contribution in [-0.2, 0) is 9.47 Å². The summed E-state index contributed by atoms with van der Waals surface area (Å²) in [7, 11) is 0. The van der Waals surface area contributed by atoms with E-state index in [0.717, 1.165) is 6.07 Å². The van der Waals surface area contributed by atoms with Crippen LogP contribution in [0.1, 0.15) is 6.92 Å². The first kappa shape index (κ1) is 15.3. The second kappa shape index (κ2) is 6.98. The van der Waals surface area contributed by atoms with Crippen molar-refractivity contribution in [2.75, 3.05) is 25.1 Å². The minimum absolute atomic E-state index is 0.136. The monoisotopic (exact) mass is 277 g/mol. The van der Waals surface area contributed by atoms with Gasteiger partial charge in [-0.1, -0.05) is 12.1 Å². The van der Waals surface area contributed by atoms with Crippen molar-refractivity contribution in [1.29, 1.82) is 0 Å². The average molecular weight is 277 g/mol. The van der Waals surface area contributed by atoms with Crippen LogP contribution in [0.3, 0.4) is 0 Å². The Bertz CT molecular complexity index is 426. The predicted octanol–water partition coefficient (Wildman–Crippen LogP) is 3.05. The van der Waals surface area contributed by atoms with E-state index in [1.54, 1.807) is 6.92 Å². The third-order valence-corrected chi connectivity index (χ3v) is 2.04. The van der Waals surface area contributed by atoms with Crippen LogP contribution in [-0.4, -0.2) is 31.8 Å². The van der Waals surface area contributed by atoms with Gasteiger partial charge in [0.2, 0.25) is 0 Å². The zero-order valence-corrected chi connectivity index (χ0v) is 10.3. The van der Waals surface area contributed by atoms with Crippen molar-refractivity contribution in [3.63, 3.8) is 0 Å². The molecule has 4 nitrogen and oxygen atoms in total. The Balaban J connectivity index is 2.42. The molecule has 7 heteroatoms. The van der Waals surface area contributed by atoms with Gasteiger partial charge in [-0.2, -0.15) is 0 Å². The number of para-hydroxylation sites is 1. The Hall–Kier alpha value is -1.76. The van der Waals surface area contributed by atoms with Crippen LogP contribution < -0.4 is 5.32 Å². The molecule has 0 aliphatic rings. The first-order chi connectivity index (χ1) is 8.94. The quantitative estimate of drug-likeness (QED) is 0.869. The molecule has 0 bridgehead atoms. The molecule has 0 fully saturated rings.